The highest BCUT2D eigenvalue weighted by atomic mass is 16.2. The van der Waals surface area contributed by atoms with E-state index in [0.717, 1.165) is 40.2 Å². The number of hydrogen-bond donors (Lipinski definition) is 1. The standard InChI is InChI=1S/C20H25N3O4/c1-12-8-6-9-15(14(12)3)21-17(24)11-22-18(25)19(26)23(20(22)27)16-10-5-4-7-13(16)2/h6,8-9,13,16H,4-5,7,10-11H2,1-3H3,(H,21,24)/t13-,16+/m1/s1. The molecule has 3 rings (SSSR count). The predicted octanol–water partition coefficient (Wildman–Crippen LogP) is 2.61. The highest BCUT2D eigenvalue weighted by molar-refractivity contribution is 6.45. The zero-order valence-electron chi connectivity index (χ0n) is 15.9. The molecule has 0 radical (unpaired) electrons. The quantitative estimate of drug-likeness (QED) is 0.651. The third-order valence-electron chi connectivity index (χ3n) is 5.66. The Morgan fingerprint density at radius 2 is 1.81 bits per heavy atom. The molecule has 1 aromatic carbocycles. The Hall–Kier alpha value is -2.70. The Morgan fingerprint density at radius 1 is 1.11 bits per heavy atom. The van der Waals surface area contributed by atoms with Crippen LogP contribution in [0, 0.1) is 19.8 Å². The molecule has 144 valence electrons. The molecule has 1 saturated carbocycles. The van der Waals surface area contributed by atoms with Crippen LogP contribution in [0.5, 0.6) is 0 Å². The minimum atomic E-state index is -0.922. The minimum absolute atomic E-state index is 0.156. The topological polar surface area (TPSA) is 86.8 Å². The van der Waals surface area contributed by atoms with E-state index in [0.29, 0.717) is 12.1 Å². The zero-order chi connectivity index (χ0) is 19.7. The van der Waals surface area contributed by atoms with Crippen molar-refractivity contribution in [2.45, 2.75) is 52.5 Å². The van der Waals surface area contributed by atoms with Crippen LogP contribution in [-0.2, 0) is 14.4 Å². The lowest BCUT2D eigenvalue weighted by Gasteiger charge is -2.34. The fraction of sp³-hybridized carbons (Fsp3) is 0.500. The Bertz CT molecular complexity index is 804. The highest BCUT2D eigenvalue weighted by Crippen LogP contribution is 2.31. The molecule has 1 saturated heterocycles. The Morgan fingerprint density at radius 3 is 2.52 bits per heavy atom. The van der Waals surface area contributed by atoms with Gasteiger partial charge in [-0.1, -0.05) is 31.9 Å². The third-order valence-corrected chi connectivity index (χ3v) is 5.66. The lowest BCUT2D eigenvalue weighted by molar-refractivity contribution is -0.145. The maximum Gasteiger partial charge on any atom is 0.334 e. The number of carbonyl (C=O) groups is 4. The van der Waals surface area contributed by atoms with Gasteiger partial charge in [-0.15, -0.1) is 0 Å². The van der Waals surface area contributed by atoms with Crippen LogP contribution in [0.3, 0.4) is 0 Å². The number of nitrogens with one attached hydrogen (secondary N) is 1. The first-order chi connectivity index (χ1) is 12.8. The number of benzene rings is 1. The van der Waals surface area contributed by atoms with Crippen LogP contribution in [0.25, 0.3) is 0 Å². The molecule has 0 unspecified atom stereocenters. The summed E-state index contributed by atoms with van der Waals surface area (Å²) in [4.78, 5) is 51.6. The van der Waals surface area contributed by atoms with Gasteiger partial charge < -0.3 is 5.32 Å². The van der Waals surface area contributed by atoms with Gasteiger partial charge in [0.1, 0.15) is 6.54 Å². The first-order valence-electron chi connectivity index (χ1n) is 9.36. The number of hydrogen-bond acceptors (Lipinski definition) is 4. The predicted molar refractivity (Wildman–Crippen MR) is 99.9 cm³/mol. The number of anilines is 1. The monoisotopic (exact) mass is 371 g/mol. The van der Waals surface area contributed by atoms with Gasteiger partial charge in [-0.2, -0.15) is 0 Å². The fourth-order valence-corrected chi connectivity index (χ4v) is 3.85. The first-order valence-corrected chi connectivity index (χ1v) is 9.36. The molecule has 2 fully saturated rings. The van der Waals surface area contributed by atoms with Crippen LogP contribution in [0.1, 0.15) is 43.7 Å². The van der Waals surface area contributed by atoms with Crippen LogP contribution < -0.4 is 5.32 Å². The maximum atomic E-state index is 12.7. The van der Waals surface area contributed by atoms with Gasteiger partial charge in [0.25, 0.3) is 0 Å². The maximum absolute atomic E-state index is 12.7. The van der Waals surface area contributed by atoms with E-state index in [9.17, 15) is 19.2 Å². The van der Waals surface area contributed by atoms with E-state index in [2.05, 4.69) is 5.32 Å². The van der Waals surface area contributed by atoms with Crippen molar-refractivity contribution in [3.05, 3.63) is 29.3 Å². The van der Waals surface area contributed by atoms with Gasteiger partial charge in [-0.25, -0.2) is 9.69 Å². The second kappa shape index (κ2) is 7.50. The molecule has 1 aliphatic carbocycles. The van der Waals surface area contributed by atoms with Gasteiger partial charge in [0, 0.05) is 11.7 Å². The second-order valence-corrected chi connectivity index (χ2v) is 7.47. The van der Waals surface area contributed by atoms with Gasteiger partial charge in [-0.05, 0) is 49.8 Å². The summed E-state index contributed by atoms with van der Waals surface area (Å²) in [6.45, 7) is 5.34. The minimum Gasteiger partial charge on any atom is -0.324 e. The van der Waals surface area contributed by atoms with Crippen LogP contribution in [0.4, 0.5) is 10.5 Å². The van der Waals surface area contributed by atoms with Crippen molar-refractivity contribution in [1.82, 2.24) is 9.80 Å². The van der Waals surface area contributed by atoms with Gasteiger partial charge in [0.15, 0.2) is 0 Å². The van der Waals surface area contributed by atoms with Crippen molar-refractivity contribution in [2.24, 2.45) is 5.92 Å². The van der Waals surface area contributed by atoms with Crippen LogP contribution in [0.2, 0.25) is 0 Å². The van der Waals surface area contributed by atoms with E-state index in [-0.39, 0.29) is 12.0 Å². The summed E-state index contributed by atoms with van der Waals surface area (Å²) in [5.74, 6) is -2.09. The molecule has 2 atom stereocenters. The van der Waals surface area contributed by atoms with Gasteiger partial charge >= 0.3 is 17.8 Å². The van der Waals surface area contributed by atoms with Crippen molar-refractivity contribution < 1.29 is 19.2 Å². The lowest BCUT2D eigenvalue weighted by Crippen LogP contribution is -2.46. The molecule has 7 heteroatoms. The molecular weight excluding hydrogens is 346 g/mol. The largest absolute Gasteiger partial charge is 0.334 e. The van der Waals surface area contributed by atoms with E-state index in [1.807, 2.05) is 32.9 Å². The normalized spacial score (nSPS) is 23.1. The first kappa shape index (κ1) is 19.1. The lowest BCUT2D eigenvalue weighted by atomic mass is 9.85. The SMILES string of the molecule is Cc1cccc(NC(=O)CN2C(=O)C(=O)N([C@H]3CCCC[C@H]3C)C2=O)c1C. The molecule has 27 heavy (non-hydrogen) atoms. The van der Waals surface area contributed by atoms with Crippen molar-refractivity contribution in [2.75, 3.05) is 11.9 Å². The average Bonchev–Trinajstić information content (AvgIpc) is 2.83. The van der Waals surface area contributed by atoms with Crippen LogP contribution in [0.15, 0.2) is 18.2 Å². The number of rotatable bonds is 4. The molecule has 0 bridgehead atoms. The fourth-order valence-electron chi connectivity index (χ4n) is 3.85. The number of carbonyl (C=O) groups excluding carboxylic acids is 4. The van der Waals surface area contributed by atoms with E-state index in [1.165, 1.54) is 0 Å². The summed E-state index contributed by atoms with van der Waals surface area (Å²) in [5, 5.41) is 2.72. The Balaban J connectivity index is 1.72. The van der Waals surface area contributed by atoms with E-state index in [1.54, 1.807) is 6.07 Å². The Kier molecular flexibility index (Phi) is 5.30. The smallest absolute Gasteiger partial charge is 0.324 e. The summed E-state index contributed by atoms with van der Waals surface area (Å²) in [6, 6.07) is 4.56. The van der Waals surface area contributed by atoms with Gasteiger partial charge in [0.05, 0.1) is 0 Å². The Labute approximate surface area is 158 Å². The zero-order valence-corrected chi connectivity index (χ0v) is 15.9. The van der Waals surface area contributed by atoms with Crippen LogP contribution in [-0.4, -0.2) is 46.1 Å². The average molecular weight is 371 g/mol. The number of nitrogens with zero attached hydrogens (tertiary/aromatic N) is 2. The molecule has 1 aromatic rings. The summed E-state index contributed by atoms with van der Waals surface area (Å²) < 4.78 is 0. The molecule has 1 heterocycles. The van der Waals surface area contributed by atoms with Gasteiger partial charge in [0.2, 0.25) is 5.91 Å². The molecule has 2 aliphatic rings. The molecule has 5 amide bonds. The molecule has 1 aliphatic heterocycles. The van der Waals surface area contributed by atoms with Crippen molar-refractivity contribution in [3.63, 3.8) is 0 Å². The molecular formula is C20H25N3O4. The van der Waals surface area contributed by atoms with Crippen molar-refractivity contribution >= 4 is 29.4 Å². The number of imide groups is 2. The summed E-state index contributed by atoms with van der Waals surface area (Å²) in [7, 11) is 0. The number of urea groups is 1. The molecule has 1 N–H and O–H groups in total. The summed E-state index contributed by atoms with van der Waals surface area (Å²) >= 11 is 0. The van der Waals surface area contributed by atoms with E-state index < -0.39 is 30.3 Å². The molecule has 0 spiro atoms. The van der Waals surface area contributed by atoms with Crippen LogP contribution >= 0.6 is 0 Å². The number of amides is 5. The van der Waals surface area contributed by atoms with E-state index in [4.69, 9.17) is 0 Å². The number of aryl methyl sites for hydroxylation is 1. The summed E-state index contributed by atoms with van der Waals surface area (Å²) in [6.07, 6.45) is 3.61. The third kappa shape index (κ3) is 3.59. The summed E-state index contributed by atoms with van der Waals surface area (Å²) in [5.41, 5.74) is 2.57. The highest BCUT2D eigenvalue weighted by Gasteiger charge is 2.49. The van der Waals surface area contributed by atoms with Gasteiger partial charge in [-0.3, -0.25) is 19.3 Å². The second-order valence-electron chi connectivity index (χ2n) is 7.47. The van der Waals surface area contributed by atoms with Crippen molar-refractivity contribution in [1.29, 1.82) is 0 Å². The molecule has 0 aromatic heterocycles. The van der Waals surface area contributed by atoms with Crippen molar-refractivity contribution in [3.8, 4) is 0 Å². The van der Waals surface area contributed by atoms with E-state index >= 15 is 0 Å². The molecule has 7 nitrogen and oxygen atoms in total.